The molecule has 1 N–H and O–H groups in total. The van der Waals surface area contributed by atoms with Gasteiger partial charge in [-0.15, -0.1) is 0 Å². The number of likely N-dealkylation sites (tertiary alicyclic amines) is 1. The predicted octanol–water partition coefficient (Wildman–Crippen LogP) is 3.91. The van der Waals surface area contributed by atoms with Crippen LogP contribution >= 0.6 is 0 Å². The first kappa shape index (κ1) is 16.3. The van der Waals surface area contributed by atoms with Crippen molar-refractivity contribution >= 4 is 0 Å². The molecule has 1 saturated heterocycles. The topological polar surface area (TPSA) is 15.3 Å². The standard InChI is InChI=1S/C18H36N2/c1-4-7-18(13-19-12-15(2)3)20-11-10-16-8-5-6-9-17(16)14-20/h15-19H,4-14H2,1-3H3. The Bertz CT molecular complexity index is 264. The van der Waals surface area contributed by atoms with Crippen LogP contribution < -0.4 is 5.32 Å². The average molecular weight is 280 g/mol. The minimum absolute atomic E-state index is 0.765. The zero-order valence-electron chi connectivity index (χ0n) is 14.0. The highest BCUT2D eigenvalue weighted by Crippen LogP contribution is 2.36. The van der Waals surface area contributed by atoms with Crippen molar-refractivity contribution in [2.24, 2.45) is 17.8 Å². The maximum atomic E-state index is 3.70. The number of hydrogen-bond acceptors (Lipinski definition) is 2. The van der Waals surface area contributed by atoms with Gasteiger partial charge in [-0.1, -0.05) is 46.5 Å². The zero-order valence-corrected chi connectivity index (χ0v) is 14.0. The Morgan fingerprint density at radius 2 is 1.80 bits per heavy atom. The van der Waals surface area contributed by atoms with Crippen LogP contribution in [0.15, 0.2) is 0 Å². The molecule has 1 aliphatic heterocycles. The summed E-state index contributed by atoms with van der Waals surface area (Å²) in [4.78, 5) is 2.82. The molecule has 118 valence electrons. The first-order valence-electron chi connectivity index (χ1n) is 9.15. The molecule has 20 heavy (non-hydrogen) atoms. The summed E-state index contributed by atoms with van der Waals surface area (Å²) in [6.45, 7) is 12.0. The van der Waals surface area contributed by atoms with Gasteiger partial charge in [0.1, 0.15) is 0 Å². The Morgan fingerprint density at radius 1 is 1.05 bits per heavy atom. The van der Waals surface area contributed by atoms with Gasteiger partial charge in [0.05, 0.1) is 0 Å². The van der Waals surface area contributed by atoms with Crippen LogP contribution in [-0.2, 0) is 0 Å². The van der Waals surface area contributed by atoms with Gasteiger partial charge in [-0.3, -0.25) is 4.90 Å². The van der Waals surface area contributed by atoms with Gasteiger partial charge < -0.3 is 5.32 Å². The van der Waals surface area contributed by atoms with Gasteiger partial charge in [-0.25, -0.2) is 0 Å². The van der Waals surface area contributed by atoms with Crippen LogP contribution in [0.4, 0.5) is 0 Å². The predicted molar refractivity (Wildman–Crippen MR) is 88.0 cm³/mol. The number of piperidine rings is 1. The van der Waals surface area contributed by atoms with Gasteiger partial charge in [0.25, 0.3) is 0 Å². The van der Waals surface area contributed by atoms with E-state index in [0.717, 1.165) is 23.8 Å². The molecule has 1 saturated carbocycles. The van der Waals surface area contributed by atoms with Crippen LogP contribution in [-0.4, -0.2) is 37.1 Å². The monoisotopic (exact) mass is 280 g/mol. The fraction of sp³-hybridized carbons (Fsp3) is 1.00. The van der Waals surface area contributed by atoms with Crippen molar-refractivity contribution in [3.05, 3.63) is 0 Å². The Balaban J connectivity index is 1.82. The number of rotatable bonds is 7. The maximum absolute atomic E-state index is 3.70. The molecule has 1 heterocycles. The lowest BCUT2D eigenvalue weighted by atomic mass is 9.75. The summed E-state index contributed by atoms with van der Waals surface area (Å²) in [5, 5.41) is 3.70. The van der Waals surface area contributed by atoms with Crippen LogP contribution in [0.1, 0.15) is 65.7 Å². The van der Waals surface area contributed by atoms with Gasteiger partial charge in [-0.2, -0.15) is 0 Å². The number of nitrogens with zero attached hydrogens (tertiary/aromatic N) is 1. The first-order chi connectivity index (χ1) is 9.70. The van der Waals surface area contributed by atoms with Gasteiger partial charge in [0, 0.05) is 19.1 Å². The van der Waals surface area contributed by atoms with E-state index >= 15 is 0 Å². The van der Waals surface area contributed by atoms with Crippen molar-refractivity contribution in [2.45, 2.75) is 71.8 Å². The molecule has 0 aromatic carbocycles. The van der Waals surface area contributed by atoms with Crippen LogP contribution in [0, 0.1) is 17.8 Å². The molecule has 3 atom stereocenters. The quantitative estimate of drug-likeness (QED) is 0.760. The molecule has 0 bridgehead atoms. The summed E-state index contributed by atoms with van der Waals surface area (Å²) in [5.74, 6) is 2.84. The van der Waals surface area contributed by atoms with E-state index in [1.807, 2.05) is 0 Å². The maximum Gasteiger partial charge on any atom is 0.0220 e. The second-order valence-corrected chi connectivity index (χ2v) is 7.58. The lowest BCUT2D eigenvalue weighted by Gasteiger charge is -2.44. The highest BCUT2D eigenvalue weighted by atomic mass is 15.2. The van der Waals surface area contributed by atoms with Crippen LogP contribution in [0.5, 0.6) is 0 Å². The average Bonchev–Trinajstić information content (AvgIpc) is 2.45. The van der Waals surface area contributed by atoms with Crippen LogP contribution in [0.2, 0.25) is 0 Å². The van der Waals surface area contributed by atoms with Crippen LogP contribution in [0.3, 0.4) is 0 Å². The molecule has 0 amide bonds. The molecule has 1 aliphatic carbocycles. The normalized spacial score (nSPS) is 29.4. The summed E-state index contributed by atoms with van der Waals surface area (Å²) < 4.78 is 0. The fourth-order valence-corrected chi connectivity index (χ4v) is 4.25. The lowest BCUT2D eigenvalue weighted by Crippen LogP contribution is -2.50. The van der Waals surface area contributed by atoms with Crippen molar-refractivity contribution in [3.63, 3.8) is 0 Å². The second-order valence-electron chi connectivity index (χ2n) is 7.58. The number of nitrogens with one attached hydrogen (secondary N) is 1. The van der Waals surface area contributed by atoms with Gasteiger partial charge >= 0.3 is 0 Å². The Kier molecular flexibility index (Phi) is 6.83. The summed E-state index contributed by atoms with van der Waals surface area (Å²) in [5.41, 5.74) is 0. The lowest BCUT2D eigenvalue weighted by molar-refractivity contribution is 0.0532. The first-order valence-corrected chi connectivity index (χ1v) is 9.15. The molecule has 0 spiro atoms. The molecule has 0 aromatic rings. The molecule has 2 rings (SSSR count). The number of hydrogen-bond donors (Lipinski definition) is 1. The minimum Gasteiger partial charge on any atom is -0.315 e. The van der Waals surface area contributed by atoms with Crippen LogP contribution in [0.25, 0.3) is 0 Å². The van der Waals surface area contributed by atoms with Crippen molar-refractivity contribution in [1.82, 2.24) is 10.2 Å². The third-order valence-corrected chi connectivity index (χ3v) is 5.39. The second kappa shape index (κ2) is 8.38. The fourth-order valence-electron chi connectivity index (χ4n) is 4.25. The molecule has 3 unspecified atom stereocenters. The van der Waals surface area contributed by atoms with E-state index in [-0.39, 0.29) is 0 Å². The molecular formula is C18H36N2. The molecule has 0 aromatic heterocycles. The molecule has 2 nitrogen and oxygen atoms in total. The molecule has 0 radical (unpaired) electrons. The SMILES string of the molecule is CCCC(CNCC(C)C)N1CCC2CCCCC2C1. The smallest absolute Gasteiger partial charge is 0.0220 e. The highest BCUT2D eigenvalue weighted by Gasteiger charge is 2.33. The van der Waals surface area contributed by atoms with E-state index in [0.29, 0.717) is 0 Å². The Hall–Kier alpha value is -0.0800. The zero-order chi connectivity index (χ0) is 14.4. The summed E-state index contributed by atoms with van der Waals surface area (Å²) in [6, 6.07) is 0.779. The Morgan fingerprint density at radius 3 is 2.50 bits per heavy atom. The van der Waals surface area contributed by atoms with E-state index in [1.54, 1.807) is 0 Å². The van der Waals surface area contributed by atoms with E-state index in [9.17, 15) is 0 Å². The van der Waals surface area contributed by atoms with Crippen molar-refractivity contribution in [2.75, 3.05) is 26.2 Å². The molecular weight excluding hydrogens is 244 g/mol. The highest BCUT2D eigenvalue weighted by molar-refractivity contribution is 4.87. The van der Waals surface area contributed by atoms with E-state index < -0.39 is 0 Å². The van der Waals surface area contributed by atoms with Crippen molar-refractivity contribution in [1.29, 1.82) is 0 Å². The largest absolute Gasteiger partial charge is 0.315 e. The third kappa shape index (κ3) is 4.73. The molecule has 2 fully saturated rings. The van der Waals surface area contributed by atoms with E-state index in [2.05, 4.69) is 31.0 Å². The van der Waals surface area contributed by atoms with Gasteiger partial charge in [-0.05, 0) is 50.1 Å². The molecule has 2 aliphatic rings. The van der Waals surface area contributed by atoms with E-state index in [1.165, 1.54) is 71.1 Å². The summed E-state index contributed by atoms with van der Waals surface area (Å²) in [7, 11) is 0. The van der Waals surface area contributed by atoms with E-state index in [4.69, 9.17) is 0 Å². The molecule has 2 heteroatoms. The minimum atomic E-state index is 0.765. The van der Waals surface area contributed by atoms with Gasteiger partial charge in [0.15, 0.2) is 0 Å². The summed E-state index contributed by atoms with van der Waals surface area (Å²) >= 11 is 0. The third-order valence-electron chi connectivity index (χ3n) is 5.39. The van der Waals surface area contributed by atoms with Crippen molar-refractivity contribution < 1.29 is 0 Å². The summed E-state index contributed by atoms with van der Waals surface area (Å²) in [6.07, 6.45) is 10.1. The van der Waals surface area contributed by atoms with Crippen molar-refractivity contribution in [3.8, 4) is 0 Å². The Labute approximate surface area is 126 Å². The number of fused-ring (bicyclic) bond motifs is 1. The van der Waals surface area contributed by atoms with Gasteiger partial charge in [0.2, 0.25) is 0 Å².